The zero-order chi connectivity index (χ0) is 8.97. The second-order valence-corrected chi connectivity index (χ2v) is 3.10. The van der Waals surface area contributed by atoms with E-state index in [0.717, 1.165) is 12.8 Å². The molecule has 1 heterocycles. The minimum absolute atomic E-state index is 0.150. The van der Waals surface area contributed by atoms with Crippen LogP contribution in [0.5, 0.6) is 0 Å². The molecule has 0 saturated carbocycles. The lowest BCUT2D eigenvalue weighted by Crippen LogP contribution is -2.33. The highest BCUT2D eigenvalue weighted by atomic mass is 16.5. The van der Waals surface area contributed by atoms with E-state index < -0.39 is 0 Å². The number of esters is 1. The summed E-state index contributed by atoms with van der Waals surface area (Å²) >= 11 is 0. The Labute approximate surface area is 71.9 Å². The molecule has 0 aromatic carbocycles. The topological polar surface area (TPSA) is 58.6 Å². The largest absolute Gasteiger partial charge is 0.469 e. The Kier molecular flexibility index (Phi) is 3.49. The Morgan fingerprint density at radius 3 is 2.75 bits per heavy atom. The fourth-order valence-corrected chi connectivity index (χ4v) is 1.49. The van der Waals surface area contributed by atoms with Gasteiger partial charge >= 0.3 is 5.97 Å². The molecule has 2 N–H and O–H groups in total. The Morgan fingerprint density at radius 2 is 2.25 bits per heavy atom. The van der Waals surface area contributed by atoms with E-state index in [-0.39, 0.29) is 24.7 Å². The van der Waals surface area contributed by atoms with Gasteiger partial charge < -0.3 is 15.2 Å². The lowest BCUT2D eigenvalue weighted by molar-refractivity contribution is -0.141. The smallest absolute Gasteiger partial charge is 0.307 e. The highest BCUT2D eigenvalue weighted by molar-refractivity contribution is 5.69. The molecule has 0 unspecified atom stereocenters. The Hall–Kier alpha value is -0.610. The monoisotopic (exact) mass is 173 g/mol. The summed E-state index contributed by atoms with van der Waals surface area (Å²) in [4.78, 5) is 10.8. The summed E-state index contributed by atoms with van der Waals surface area (Å²) in [5, 5.41) is 12.0. The van der Waals surface area contributed by atoms with Crippen LogP contribution in [-0.2, 0) is 9.53 Å². The first kappa shape index (κ1) is 9.48. The third-order valence-electron chi connectivity index (χ3n) is 2.20. The Morgan fingerprint density at radius 1 is 1.58 bits per heavy atom. The molecule has 1 aliphatic heterocycles. The van der Waals surface area contributed by atoms with Gasteiger partial charge in [0.1, 0.15) is 0 Å². The van der Waals surface area contributed by atoms with E-state index in [2.05, 4.69) is 10.1 Å². The summed E-state index contributed by atoms with van der Waals surface area (Å²) < 4.78 is 4.54. The SMILES string of the molecule is COC(=O)C[C@@H]1CC[C@H](CO)N1. The van der Waals surface area contributed by atoms with Crippen molar-refractivity contribution in [3.8, 4) is 0 Å². The van der Waals surface area contributed by atoms with Crippen molar-refractivity contribution in [1.29, 1.82) is 0 Å². The summed E-state index contributed by atoms with van der Waals surface area (Å²) in [5.74, 6) is -0.189. The summed E-state index contributed by atoms with van der Waals surface area (Å²) in [7, 11) is 1.39. The molecule has 0 bridgehead atoms. The van der Waals surface area contributed by atoms with Crippen LogP contribution in [0.4, 0.5) is 0 Å². The van der Waals surface area contributed by atoms with E-state index in [0.29, 0.717) is 6.42 Å². The van der Waals surface area contributed by atoms with Crippen molar-refractivity contribution in [2.45, 2.75) is 31.3 Å². The maximum Gasteiger partial charge on any atom is 0.307 e. The van der Waals surface area contributed by atoms with Crippen molar-refractivity contribution in [3.63, 3.8) is 0 Å². The molecule has 0 aromatic heterocycles. The molecule has 0 aromatic rings. The molecule has 4 heteroatoms. The number of nitrogens with one attached hydrogen (secondary N) is 1. The van der Waals surface area contributed by atoms with E-state index in [1.54, 1.807) is 0 Å². The average Bonchev–Trinajstić information content (AvgIpc) is 2.52. The van der Waals surface area contributed by atoms with Crippen LogP contribution in [0.3, 0.4) is 0 Å². The second kappa shape index (κ2) is 4.42. The number of carbonyl (C=O) groups is 1. The minimum atomic E-state index is -0.189. The molecule has 1 saturated heterocycles. The van der Waals surface area contributed by atoms with Gasteiger partial charge in [0.15, 0.2) is 0 Å². The van der Waals surface area contributed by atoms with Gasteiger partial charge in [-0.25, -0.2) is 0 Å². The number of rotatable bonds is 3. The average molecular weight is 173 g/mol. The zero-order valence-electron chi connectivity index (χ0n) is 7.25. The predicted octanol–water partition coefficient (Wildman–Crippen LogP) is -0.338. The predicted molar refractivity (Wildman–Crippen MR) is 43.7 cm³/mol. The highest BCUT2D eigenvalue weighted by Gasteiger charge is 2.24. The number of methoxy groups -OCH3 is 1. The van der Waals surface area contributed by atoms with Crippen LogP contribution in [-0.4, -0.2) is 36.9 Å². The highest BCUT2D eigenvalue weighted by Crippen LogP contribution is 2.14. The molecule has 1 rings (SSSR count). The number of aliphatic hydroxyl groups excluding tert-OH is 1. The zero-order valence-corrected chi connectivity index (χ0v) is 7.25. The first-order chi connectivity index (χ1) is 5.76. The van der Waals surface area contributed by atoms with Crippen LogP contribution in [0.15, 0.2) is 0 Å². The quantitative estimate of drug-likeness (QED) is 0.573. The van der Waals surface area contributed by atoms with Crippen LogP contribution in [0.1, 0.15) is 19.3 Å². The van der Waals surface area contributed by atoms with E-state index in [1.807, 2.05) is 0 Å². The molecule has 4 nitrogen and oxygen atoms in total. The Bertz CT molecular complexity index is 160. The molecular weight excluding hydrogens is 158 g/mol. The van der Waals surface area contributed by atoms with Crippen molar-refractivity contribution >= 4 is 5.97 Å². The summed E-state index contributed by atoms with van der Waals surface area (Å²) in [5.41, 5.74) is 0. The van der Waals surface area contributed by atoms with E-state index in [9.17, 15) is 4.79 Å². The van der Waals surface area contributed by atoms with Gasteiger partial charge in [0.25, 0.3) is 0 Å². The standard InChI is InChI=1S/C8H15NO3/c1-12-8(11)4-6-2-3-7(5-10)9-6/h6-7,9-10H,2-5H2,1H3/t6-,7+/m0/s1. The third-order valence-corrected chi connectivity index (χ3v) is 2.20. The fraction of sp³-hybridized carbons (Fsp3) is 0.875. The minimum Gasteiger partial charge on any atom is -0.469 e. The second-order valence-electron chi connectivity index (χ2n) is 3.10. The molecule has 12 heavy (non-hydrogen) atoms. The van der Waals surface area contributed by atoms with Gasteiger partial charge in [-0.15, -0.1) is 0 Å². The van der Waals surface area contributed by atoms with Gasteiger partial charge in [-0.2, -0.15) is 0 Å². The number of hydrogen-bond donors (Lipinski definition) is 2. The van der Waals surface area contributed by atoms with Gasteiger partial charge in [0, 0.05) is 12.1 Å². The molecule has 0 spiro atoms. The van der Waals surface area contributed by atoms with Crippen LogP contribution in [0.2, 0.25) is 0 Å². The first-order valence-electron chi connectivity index (χ1n) is 4.20. The Balaban J connectivity index is 2.23. The van der Waals surface area contributed by atoms with Crippen LogP contribution in [0.25, 0.3) is 0 Å². The van der Waals surface area contributed by atoms with Gasteiger partial charge in [-0.1, -0.05) is 0 Å². The molecule has 2 atom stereocenters. The van der Waals surface area contributed by atoms with Gasteiger partial charge in [-0.05, 0) is 12.8 Å². The van der Waals surface area contributed by atoms with E-state index >= 15 is 0 Å². The number of carbonyl (C=O) groups excluding carboxylic acids is 1. The maximum absolute atomic E-state index is 10.8. The van der Waals surface area contributed by atoms with E-state index in [1.165, 1.54) is 7.11 Å². The van der Waals surface area contributed by atoms with Crippen molar-refractivity contribution < 1.29 is 14.6 Å². The van der Waals surface area contributed by atoms with Gasteiger partial charge in [-0.3, -0.25) is 4.79 Å². The molecule has 0 aliphatic carbocycles. The number of aliphatic hydroxyl groups is 1. The van der Waals surface area contributed by atoms with Gasteiger partial charge in [0.05, 0.1) is 20.1 Å². The lowest BCUT2D eigenvalue weighted by Gasteiger charge is -2.10. The summed E-state index contributed by atoms with van der Waals surface area (Å²) in [6.45, 7) is 0.150. The molecule has 0 amide bonds. The van der Waals surface area contributed by atoms with Gasteiger partial charge in [0.2, 0.25) is 0 Å². The third kappa shape index (κ3) is 2.46. The number of ether oxygens (including phenoxy) is 1. The molecule has 1 aliphatic rings. The summed E-state index contributed by atoms with van der Waals surface area (Å²) in [6, 6.07) is 0.356. The first-order valence-corrected chi connectivity index (χ1v) is 4.20. The normalized spacial score (nSPS) is 28.8. The lowest BCUT2D eigenvalue weighted by atomic mass is 10.1. The van der Waals surface area contributed by atoms with Crippen molar-refractivity contribution in [2.24, 2.45) is 0 Å². The van der Waals surface area contributed by atoms with Crippen LogP contribution < -0.4 is 5.32 Å². The van der Waals surface area contributed by atoms with Crippen LogP contribution in [0, 0.1) is 0 Å². The molecule has 70 valence electrons. The van der Waals surface area contributed by atoms with Crippen molar-refractivity contribution in [2.75, 3.05) is 13.7 Å². The van der Waals surface area contributed by atoms with E-state index in [4.69, 9.17) is 5.11 Å². The number of hydrogen-bond acceptors (Lipinski definition) is 4. The van der Waals surface area contributed by atoms with Crippen molar-refractivity contribution in [1.82, 2.24) is 5.32 Å². The molecule has 1 fully saturated rings. The molecular formula is C8H15NO3. The van der Waals surface area contributed by atoms with Crippen molar-refractivity contribution in [3.05, 3.63) is 0 Å². The molecule has 0 radical (unpaired) electrons. The summed E-state index contributed by atoms with van der Waals surface area (Å²) in [6.07, 6.45) is 2.30. The fourth-order valence-electron chi connectivity index (χ4n) is 1.49. The van der Waals surface area contributed by atoms with Crippen LogP contribution >= 0.6 is 0 Å². The maximum atomic E-state index is 10.8.